The number of carbonyl (C=O) groups is 2. The lowest BCUT2D eigenvalue weighted by atomic mass is 9.93. The maximum Gasteiger partial charge on any atom is 0.342 e. The van der Waals surface area contributed by atoms with Gasteiger partial charge in [0.05, 0.1) is 35.9 Å². The number of likely N-dealkylation sites (tertiary alicyclic amines) is 1. The summed E-state index contributed by atoms with van der Waals surface area (Å²) in [6.07, 6.45) is 7.44. The summed E-state index contributed by atoms with van der Waals surface area (Å²) in [5, 5.41) is 6.07. The van der Waals surface area contributed by atoms with E-state index in [0.717, 1.165) is 54.1 Å². The number of fused-ring (bicyclic) bond motifs is 2. The Balaban J connectivity index is 0.976. The number of urea groups is 1. The number of halogens is 2. The summed E-state index contributed by atoms with van der Waals surface area (Å²) in [4.78, 5) is 40.8. The van der Waals surface area contributed by atoms with Crippen molar-refractivity contribution in [1.82, 2.24) is 30.1 Å². The quantitative estimate of drug-likeness (QED) is 0.198. The fourth-order valence-electron chi connectivity index (χ4n) is 6.54. The van der Waals surface area contributed by atoms with E-state index >= 15 is 0 Å². The van der Waals surface area contributed by atoms with Crippen LogP contribution in [-0.2, 0) is 24.4 Å². The Morgan fingerprint density at radius 2 is 1.98 bits per heavy atom. The number of amides is 3. The normalized spacial score (nSPS) is 17.7. The molecule has 1 fully saturated rings. The van der Waals surface area contributed by atoms with Crippen LogP contribution in [0.2, 0.25) is 5.02 Å². The van der Waals surface area contributed by atoms with E-state index in [0.29, 0.717) is 54.0 Å². The zero-order valence-corrected chi connectivity index (χ0v) is 28.3. The van der Waals surface area contributed by atoms with Crippen molar-refractivity contribution in [2.24, 2.45) is 4.99 Å². The van der Waals surface area contributed by atoms with E-state index in [-0.39, 0.29) is 30.5 Å². The summed E-state index contributed by atoms with van der Waals surface area (Å²) in [6.45, 7) is 3.97. The van der Waals surface area contributed by atoms with Crippen molar-refractivity contribution in [3.05, 3.63) is 112 Å². The van der Waals surface area contributed by atoms with Crippen LogP contribution in [0.5, 0.6) is 5.88 Å². The second-order valence-electron chi connectivity index (χ2n) is 12.6. The van der Waals surface area contributed by atoms with Gasteiger partial charge >= 0.3 is 6.03 Å². The SMILES string of the molecule is COCCn1c(CN2CCC(c3cccc(OCc4ccc(Cl)cc4F)n3)CC2)nc2cc(C(=O)NCC3=CC4=NC(=O)NC4C=C3)ccc21. The Hall–Kier alpha value is -4.91. The molecule has 50 heavy (non-hydrogen) atoms. The number of aromatic nitrogens is 3. The highest BCUT2D eigenvalue weighted by Gasteiger charge is 2.26. The first-order chi connectivity index (χ1) is 24.3. The van der Waals surface area contributed by atoms with E-state index < -0.39 is 5.82 Å². The Morgan fingerprint density at radius 3 is 2.80 bits per heavy atom. The van der Waals surface area contributed by atoms with Crippen LogP contribution in [-0.4, -0.2) is 76.5 Å². The predicted octanol–water partition coefficient (Wildman–Crippen LogP) is 5.59. The molecular weight excluding hydrogens is 661 g/mol. The molecule has 0 spiro atoms. The van der Waals surface area contributed by atoms with Crippen LogP contribution < -0.4 is 15.4 Å². The molecule has 0 saturated carbocycles. The number of nitrogens with zero attached hydrogens (tertiary/aromatic N) is 5. The molecule has 1 atom stereocenters. The van der Waals surface area contributed by atoms with Crippen molar-refractivity contribution >= 4 is 40.3 Å². The fourth-order valence-corrected chi connectivity index (χ4v) is 6.70. The van der Waals surface area contributed by atoms with Crippen LogP contribution in [0.15, 0.2) is 83.4 Å². The first kappa shape index (κ1) is 33.6. The summed E-state index contributed by atoms with van der Waals surface area (Å²) >= 11 is 5.87. The zero-order valence-electron chi connectivity index (χ0n) is 27.6. The third kappa shape index (κ3) is 7.62. The maximum atomic E-state index is 14.2. The minimum atomic E-state index is -0.402. The van der Waals surface area contributed by atoms with Crippen LogP contribution in [0, 0.1) is 5.82 Å². The summed E-state index contributed by atoms with van der Waals surface area (Å²) in [7, 11) is 1.68. The van der Waals surface area contributed by atoms with Crippen molar-refractivity contribution in [2.45, 2.75) is 44.5 Å². The van der Waals surface area contributed by atoms with E-state index in [2.05, 4.69) is 25.1 Å². The standard InChI is InChI=1S/C37H37ClFN7O4/c1-49-16-15-46-33-10-7-25(36(47)40-20-23-5-9-30-31(17-23)44-37(48)43-30)18-32(33)41-34(46)21-45-13-11-24(12-14-45)29-3-2-4-35(42-29)50-22-26-6-8-27(38)19-28(26)39/h2-10,17-19,24,30H,11-16,20-22H2,1H3,(H,40,47)(H,43,48). The van der Waals surface area contributed by atoms with E-state index in [1.54, 1.807) is 25.3 Å². The number of aliphatic imine (C=N–C) groups is 1. The van der Waals surface area contributed by atoms with Gasteiger partial charge in [-0.05, 0) is 74.0 Å². The number of piperidine rings is 1. The summed E-state index contributed by atoms with van der Waals surface area (Å²) in [5.74, 6) is 1.06. The molecule has 4 heterocycles. The lowest BCUT2D eigenvalue weighted by Crippen LogP contribution is -2.33. The largest absolute Gasteiger partial charge is 0.473 e. The molecule has 2 aromatic heterocycles. The minimum absolute atomic E-state index is 0.0724. The zero-order chi connectivity index (χ0) is 34.6. The van der Waals surface area contributed by atoms with Crippen molar-refractivity contribution in [1.29, 1.82) is 0 Å². The summed E-state index contributed by atoms with van der Waals surface area (Å²) < 4.78 is 27.6. The Morgan fingerprint density at radius 1 is 1.12 bits per heavy atom. The summed E-state index contributed by atoms with van der Waals surface area (Å²) in [5.41, 5.74) is 5.13. The number of imidazole rings is 1. The average Bonchev–Trinajstić information content (AvgIpc) is 3.67. The molecule has 0 radical (unpaired) electrons. The van der Waals surface area contributed by atoms with Gasteiger partial charge in [0.1, 0.15) is 18.2 Å². The van der Waals surface area contributed by atoms with Gasteiger partial charge < -0.3 is 24.7 Å². The molecule has 258 valence electrons. The second kappa shape index (κ2) is 14.9. The molecule has 1 aliphatic carbocycles. The van der Waals surface area contributed by atoms with E-state index in [1.807, 2.05) is 48.6 Å². The Bertz CT molecular complexity index is 2020. The van der Waals surface area contributed by atoms with E-state index in [9.17, 15) is 14.0 Å². The van der Waals surface area contributed by atoms with Crippen molar-refractivity contribution < 1.29 is 23.5 Å². The molecule has 2 aromatic carbocycles. The molecule has 1 unspecified atom stereocenters. The van der Waals surface area contributed by atoms with E-state index in [1.165, 1.54) is 6.07 Å². The Labute approximate surface area is 293 Å². The fraction of sp³-hybridized carbons (Fsp3) is 0.324. The first-order valence-electron chi connectivity index (χ1n) is 16.6. The molecule has 3 amide bonds. The number of ether oxygens (including phenoxy) is 2. The van der Waals surface area contributed by atoms with Gasteiger partial charge in [0.2, 0.25) is 5.88 Å². The van der Waals surface area contributed by atoms with Gasteiger partial charge in [-0.2, -0.15) is 4.99 Å². The molecule has 1 saturated heterocycles. The number of hydrogen-bond acceptors (Lipinski definition) is 7. The highest BCUT2D eigenvalue weighted by atomic mass is 35.5. The number of carbonyl (C=O) groups excluding carboxylic acids is 2. The van der Waals surface area contributed by atoms with Crippen LogP contribution in [0.1, 0.15) is 46.2 Å². The van der Waals surface area contributed by atoms with Crippen LogP contribution in [0.3, 0.4) is 0 Å². The second-order valence-corrected chi connectivity index (χ2v) is 13.0. The van der Waals surface area contributed by atoms with Crippen LogP contribution in [0.25, 0.3) is 11.0 Å². The molecule has 2 aliphatic heterocycles. The molecule has 11 nitrogen and oxygen atoms in total. The molecule has 4 aromatic rings. The highest BCUT2D eigenvalue weighted by Crippen LogP contribution is 2.29. The number of methoxy groups -OCH3 is 1. The number of benzene rings is 2. The molecule has 7 rings (SSSR count). The predicted molar refractivity (Wildman–Crippen MR) is 188 cm³/mol. The average molecular weight is 698 g/mol. The topological polar surface area (TPSA) is 123 Å². The highest BCUT2D eigenvalue weighted by molar-refractivity contribution is 6.30. The molecular formula is C37H37ClFN7O4. The van der Waals surface area contributed by atoms with Crippen molar-refractivity contribution in [3.63, 3.8) is 0 Å². The maximum absolute atomic E-state index is 14.2. The van der Waals surface area contributed by atoms with Gasteiger partial charge in [-0.15, -0.1) is 0 Å². The lowest BCUT2D eigenvalue weighted by Gasteiger charge is -2.31. The van der Waals surface area contributed by atoms with Crippen LogP contribution >= 0.6 is 11.6 Å². The van der Waals surface area contributed by atoms with Crippen LogP contribution in [0.4, 0.5) is 9.18 Å². The van der Waals surface area contributed by atoms with E-state index in [4.69, 9.17) is 31.0 Å². The number of pyridine rings is 1. The van der Waals surface area contributed by atoms with Gasteiger partial charge in [-0.3, -0.25) is 9.69 Å². The smallest absolute Gasteiger partial charge is 0.342 e. The van der Waals surface area contributed by atoms with Gasteiger partial charge in [-0.25, -0.2) is 19.2 Å². The van der Waals surface area contributed by atoms with Gasteiger partial charge in [0.25, 0.3) is 5.91 Å². The van der Waals surface area contributed by atoms with Crippen molar-refractivity contribution in [2.75, 3.05) is 33.4 Å². The third-order valence-electron chi connectivity index (χ3n) is 9.23. The third-order valence-corrected chi connectivity index (χ3v) is 9.47. The number of hydrogen-bond donors (Lipinski definition) is 2. The first-order valence-corrected chi connectivity index (χ1v) is 17.0. The number of nitrogens with one attached hydrogen (secondary N) is 2. The summed E-state index contributed by atoms with van der Waals surface area (Å²) in [6, 6.07) is 15.3. The number of rotatable bonds is 12. The lowest BCUT2D eigenvalue weighted by molar-refractivity contribution is 0.0957. The minimum Gasteiger partial charge on any atom is -0.473 e. The Kier molecular flexibility index (Phi) is 10.0. The molecule has 0 bridgehead atoms. The van der Waals surface area contributed by atoms with Gasteiger partial charge in [-0.1, -0.05) is 35.9 Å². The van der Waals surface area contributed by atoms with Gasteiger partial charge in [0.15, 0.2) is 0 Å². The molecule has 13 heteroatoms. The van der Waals surface area contributed by atoms with Crippen molar-refractivity contribution in [3.8, 4) is 5.88 Å². The van der Waals surface area contributed by atoms with Gasteiger partial charge in [0, 0.05) is 54.0 Å². The molecule has 2 N–H and O–H groups in total. The monoisotopic (exact) mass is 697 g/mol. The molecule has 3 aliphatic rings.